The van der Waals surface area contributed by atoms with Gasteiger partial charge in [-0.2, -0.15) is 0 Å². The third-order valence-electron chi connectivity index (χ3n) is 3.81. The van der Waals surface area contributed by atoms with E-state index in [1.54, 1.807) is 0 Å². The summed E-state index contributed by atoms with van der Waals surface area (Å²) in [6.45, 7) is 3.00. The second-order valence-electron chi connectivity index (χ2n) is 5.27. The van der Waals surface area contributed by atoms with Gasteiger partial charge in [0.2, 0.25) is 0 Å². The molecule has 2 aliphatic heterocycles. The van der Waals surface area contributed by atoms with E-state index in [1.807, 2.05) is 12.1 Å². The summed E-state index contributed by atoms with van der Waals surface area (Å²) < 4.78 is 0. The highest BCUT2D eigenvalue weighted by Crippen LogP contribution is 2.23. The highest BCUT2D eigenvalue weighted by Gasteiger charge is 2.22. The minimum atomic E-state index is 0.0480. The first-order chi connectivity index (χ1) is 8.72. The molecular weight excluding hydrogens is 226 g/mol. The van der Waals surface area contributed by atoms with Crippen molar-refractivity contribution in [2.24, 2.45) is 0 Å². The molecule has 18 heavy (non-hydrogen) atoms. The monoisotopic (exact) mass is 245 g/mol. The molecule has 96 valence electrons. The SMILES string of the molecule is CN1CCC(NC(=O)c2ccc3c(c2)NCC3)C1. The summed E-state index contributed by atoms with van der Waals surface area (Å²) in [5.41, 5.74) is 3.19. The molecule has 3 rings (SSSR count). The van der Waals surface area contributed by atoms with E-state index < -0.39 is 0 Å². The van der Waals surface area contributed by atoms with Crippen LogP contribution in [-0.4, -0.2) is 43.5 Å². The number of benzene rings is 1. The number of hydrogen-bond donors (Lipinski definition) is 2. The van der Waals surface area contributed by atoms with Gasteiger partial charge < -0.3 is 15.5 Å². The van der Waals surface area contributed by atoms with Gasteiger partial charge in [-0.1, -0.05) is 6.07 Å². The van der Waals surface area contributed by atoms with E-state index in [1.165, 1.54) is 5.56 Å². The molecule has 2 heterocycles. The van der Waals surface area contributed by atoms with Gasteiger partial charge in [0.25, 0.3) is 5.91 Å². The maximum atomic E-state index is 12.1. The Hall–Kier alpha value is -1.55. The molecule has 0 aromatic heterocycles. The lowest BCUT2D eigenvalue weighted by Gasteiger charge is -2.13. The fourth-order valence-corrected chi connectivity index (χ4v) is 2.75. The van der Waals surface area contributed by atoms with Crippen molar-refractivity contribution in [3.63, 3.8) is 0 Å². The number of rotatable bonds is 2. The van der Waals surface area contributed by atoms with E-state index >= 15 is 0 Å². The van der Waals surface area contributed by atoms with Crippen molar-refractivity contribution in [3.8, 4) is 0 Å². The first kappa shape index (κ1) is 11.5. The normalized spacial score (nSPS) is 22.6. The third-order valence-corrected chi connectivity index (χ3v) is 3.81. The van der Waals surface area contributed by atoms with Gasteiger partial charge >= 0.3 is 0 Å². The zero-order valence-electron chi connectivity index (χ0n) is 10.7. The predicted molar refractivity (Wildman–Crippen MR) is 72.0 cm³/mol. The highest BCUT2D eigenvalue weighted by molar-refractivity contribution is 5.95. The molecule has 1 amide bonds. The van der Waals surface area contributed by atoms with Crippen LogP contribution in [0.4, 0.5) is 5.69 Å². The fraction of sp³-hybridized carbons (Fsp3) is 0.500. The lowest BCUT2D eigenvalue weighted by Crippen LogP contribution is -2.36. The predicted octanol–water partition coefficient (Wildman–Crippen LogP) is 1.09. The summed E-state index contributed by atoms with van der Waals surface area (Å²) in [7, 11) is 2.09. The molecule has 2 aliphatic rings. The van der Waals surface area contributed by atoms with E-state index in [2.05, 4.69) is 28.6 Å². The van der Waals surface area contributed by atoms with Gasteiger partial charge in [0, 0.05) is 30.4 Å². The number of likely N-dealkylation sites (tertiary alicyclic amines) is 1. The molecule has 1 aromatic rings. The molecule has 0 spiro atoms. The topological polar surface area (TPSA) is 44.4 Å². The molecule has 0 radical (unpaired) electrons. The number of amides is 1. The first-order valence-corrected chi connectivity index (χ1v) is 6.58. The molecule has 2 N–H and O–H groups in total. The van der Waals surface area contributed by atoms with Crippen LogP contribution in [0, 0.1) is 0 Å². The standard InChI is InChI=1S/C14H19N3O/c1-17-7-5-12(9-17)16-14(18)11-3-2-10-4-6-15-13(10)8-11/h2-3,8,12,15H,4-7,9H2,1H3,(H,16,18). The van der Waals surface area contributed by atoms with E-state index in [9.17, 15) is 4.79 Å². The van der Waals surface area contributed by atoms with Crippen LogP contribution in [0.15, 0.2) is 18.2 Å². The average Bonchev–Trinajstić information content (AvgIpc) is 2.96. The van der Waals surface area contributed by atoms with Crippen LogP contribution in [0.2, 0.25) is 0 Å². The van der Waals surface area contributed by atoms with E-state index in [0.717, 1.165) is 43.7 Å². The molecule has 1 saturated heterocycles. The summed E-state index contributed by atoms with van der Waals surface area (Å²) >= 11 is 0. The molecule has 0 saturated carbocycles. The number of likely N-dealkylation sites (N-methyl/N-ethyl adjacent to an activating group) is 1. The zero-order chi connectivity index (χ0) is 12.5. The van der Waals surface area contributed by atoms with Crippen molar-refractivity contribution in [2.45, 2.75) is 18.9 Å². The van der Waals surface area contributed by atoms with Gasteiger partial charge in [0.15, 0.2) is 0 Å². The Morgan fingerprint density at radius 3 is 3.17 bits per heavy atom. The molecule has 1 atom stereocenters. The summed E-state index contributed by atoms with van der Waals surface area (Å²) in [5, 5.41) is 6.42. The quantitative estimate of drug-likeness (QED) is 0.820. The number of nitrogens with zero attached hydrogens (tertiary/aromatic N) is 1. The number of nitrogens with one attached hydrogen (secondary N) is 2. The summed E-state index contributed by atoms with van der Waals surface area (Å²) in [5.74, 6) is 0.0480. The number of hydrogen-bond acceptors (Lipinski definition) is 3. The molecule has 4 nitrogen and oxygen atoms in total. The first-order valence-electron chi connectivity index (χ1n) is 6.58. The van der Waals surface area contributed by atoms with Crippen LogP contribution in [-0.2, 0) is 6.42 Å². The lowest BCUT2D eigenvalue weighted by molar-refractivity contribution is 0.0938. The molecular formula is C14H19N3O. The van der Waals surface area contributed by atoms with Crippen molar-refractivity contribution >= 4 is 11.6 Å². The van der Waals surface area contributed by atoms with Crippen LogP contribution >= 0.6 is 0 Å². The smallest absolute Gasteiger partial charge is 0.251 e. The maximum absolute atomic E-state index is 12.1. The van der Waals surface area contributed by atoms with Gasteiger partial charge in [-0.3, -0.25) is 4.79 Å². The Balaban J connectivity index is 1.69. The minimum Gasteiger partial charge on any atom is -0.384 e. The molecule has 1 aromatic carbocycles. The van der Waals surface area contributed by atoms with E-state index in [-0.39, 0.29) is 5.91 Å². The molecule has 0 aliphatic carbocycles. The van der Waals surface area contributed by atoms with Gasteiger partial charge in [-0.05, 0) is 44.1 Å². The Morgan fingerprint density at radius 2 is 2.39 bits per heavy atom. The van der Waals surface area contributed by atoms with Crippen LogP contribution in [0.25, 0.3) is 0 Å². The van der Waals surface area contributed by atoms with Crippen LogP contribution in [0.5, 0.6) is 0 Å². The Labute approximate surface area is 107 Å². The zero-order valence-corrected chi connectivity index (χ0v) is 10.7. The second kappa shape index (κ2) is 4.61. The van der Waals surface area contributed by atoms with Gasteiger partial charge in [0.05, 0.1) is 0 Å². The second-order valence-corrected chi connectivity index (χ2v) is 5.27. The minimum absolute atomic E-state index is 0.0480. The fourth-order valence-electron chi connectivity index (χ4n) is 2.75. The third kappa shape index (κ3) is 2.20. The summed E-state index contributed by atoms with van der Waals surface area (Å²) in [4.78, 5) is 14.4. The molecule has 0 bridgehead atoms. The largest absolute Gasteiger partial charge is 0.384 e. The molecule has 4 heteroatoms. The Morgan fingerprint density at radius 1 is 1.50 bits per heavy atom. The number of fused-ring (bicyclic) bond motifs is 1. The number of anilines is 1. The van der Waals surface area contributed by atoms with Gasteiger partial charge in [-0.15, -0.1) is 0 Å². The van der Waals surface area contributed by atoms with Crippen LogP contribution in [0.1, 0.15) is 22.3 Å². The highest BCUT2D eigenvalue weighted by atomic mass is 16.1. The van der Waals surface area contributed by atoms with Gasteiger partial charge in [-0.25, -0.2) is 0 Å². The lowest BCUT2D eigenvalue weighted by atomic mass is 10.1. The van der Waals surface area contributed by atoms with Gasteiger partial charge in [0.1, 0.15) is 0 Å². The number of carbonyl (C=O) groups is 1. The Kier molecular flexibility index (Phi) is 2.96. The van der Waals surface area contributed by atoms with E-state index in [4.69, 9.17) is 0 Å². The molecule has 1 fully saturated rings. The summed E-state index contributed by atoms with van der Waals surface area (Å²) in [6, 6.07) is 6.25. The number of carbonyl (C=O) groups excluding carboxylic acids is 1. The van der Waals surface area contributed by atoms with Crippen molar-refractivity contribution in [1.82, 2.24) is 10.2 Å². The van der Waals surface area contributed by atoms with Crippen LogP contribution < -0.4 is 10.6 Å². The Bertz CT molecular complexity index is 472. The van der Waals surface area contributed by atoms with Crippen molar-refractivity contribution in [3.05, 3.63) is 29.3 Å². The molecule has 1 unspecified atom stereocenters. The van der Waals surface area contributed by atoms with E-state index in [0.29, 0.717) is 6.04 Å². The van der Waals surface area contributed by atoms with Crippen LogP contribution in [0.3, 0.4) is 0 Å². The maximum Gasteiger partial charge on any atom is 0.251 e. The summed E-state index contributed by atoms with van der Waals surface area (Å²) in [6.07, 6.45) is 2.11. The average molecular weight is 245 g/mol. The van der Waals surface area contributed by atoms with Crippen molar-refractivity contribution in [1.29, 1.82) is 0 Å². The van der Waals surface area contributed by atoms with Crippen molar-refractivity contribution in [2.75, 3.05) is 32.0 Å². The van der Waals surface area contributed by atoms with Crippen molar-refractivity contribution < 1.29 is 4.79 Å².